The molecule has 1 heterocycles. The lowest BCUT2D eigenvalue weighted by Crippen LogP contribution is -2.27. The number of fused-ring (bicyclic) bond motifs is 1. The molecule has 1 aromatic heterocycles. The van der Waals surface area contributed by atoms with Gasteiger partial charge in [-0.05, 0) is 38.2 Å². The Kier molecular flexibility index (Phi) is 4.86. The molecule has 1 aromatic carbocycles. The fourth-order valence-electron chi connectivity index (χ4n) is 3.01. The number of rotatable bonds is 5. The number of H-pyrrole nitrogens is 1. The number of nitrogens with zero attached hydrogens (tertiary/aromatic N) is 1. The van der Waals surface area contributed by atoms with Crippen LogP contribution in [0.5, 0.6) is 0 Å². The molecule has 0 fully saturated rings. The van der Waals surface area contributed by atoms with Crippen LogP contribution in [0, 0.1) is 0 Å². The van der Waals surface area contributed by atoms with E-state index in [1.165, 1.54) is 18.4 Å². The van der Waals surface area contributed by atoms with Gasteiger partial charge in [-0.1, -0.05) is 29.8 Å². The van der Waals surface area contributed by atoms with E-state index in [1.807, 2.05) is 12.1 Å². The molecule has 0 saturated carbocycles. The Balaban J connectivity index is 1.61. The Hall–Kier alpha value is -2.43. The first-order valence-electron chi connectivity index (χ1n) is 8.15. The van der Waals surface area contributed by atoms with Crippen LogP contribution in [0.1, 0.15) is 37.8 Å². The zero-order valence-electron chi connectivity index (χ0n) is 13.1. The Morgan fingerprint density at radius 2 is 2.04 bits per heavy atom. The van der Waals surface area contributed by atoms with Crippen molar-refractivity contribution in [1.82, 2.24) is 15.5 Å². The van der Waals surface area contributed by atoms with Crippen molar-refractivity contribution in [3.8, 4) is 0 Å². The van der Waals surface area contributed by atoms with Gasteiger partial charge in [0, 0.05) is 11.9 Å². The molecule has 120 valence electrons. The maximum atomic E-state index is 12.1. The summed E-state index contributed by atoms with van der Waals surface area (Å²) in [5.41, 5.74) is 1.83. The number of amides is 1. The maximum Gasteiger partial charge on any atom is 0.272 e. The van der Waals surface area contributed by atoms with Crippen LogP contribution in [0.2, 0.25) is 0 Å². The molecule has 0 unspecified atom stereocenters. The number of allylic oxidation sites excluding steroid dienone is 1. The fraction of sp³-hybridized carbons (Fsp3) is 0.389. The second-order valence-corrected chi connectivity index (χ2v) is 5.93. The summed E-state index contributed by atoms with van der Waals surface area (Å²) in [5.74, 6) is -0.0638. The molecule has 0 saturated heterocycles. The third kappa shape index (κ3) is 3.86. The molecular weight excluding hydrogens is 290 g/mol. The van der Waals surface area contributed by atoms with Crippen LogP contribution in [0.4, 0.5) is 0 Å². The lowest BCUT2D eigenvalue weighted by atomic mass is 9.97. The lowest BCUT2D eigenvalue weighted by Gasteiger charge is -2.13. The van der Waals surface area contributed by atoms with E-state index in [-0.39, 0.29) is 17.9 Å². The molecule has 1 amide bonds. The van der Waals surface area contributed by atoms with E-state index in [1.54, 1.807) is 12.1 Å². The number of carbonyl (C=O) groups is 1. The average Bonchev–Trinajstić information content (AvgIpc) is 2.59. The maximum absolute atomic E-state index is 12.1. The van der Waals surface area contributed by atoms with Crippen LogP contribution in [-0.4, -0.2) is 22.6 Å². The standard InChI is InChI=1S/C18H21N3O2/c22-17(19-11-10-13-6-2-1-3-7-13)12-16-14-8-4-5-9-15(14)18(23)21-20-16/h4-6,8-9H,1-3,7,10-12H2,(H,19,22)(H,21,23). The summed E-state index contributed by atoms with van der Waals surface area (Å²) in [7, 11) is 0. The number of nitrogens with one attached hydrogen (secondary N) is 2. The van der Waals surface area contributed by atoms with Crippen molar-refractivity contribution in [3.05, 3.63) is 52.0 Å². The quantitative estimate of drug-likeness (QED) is 0.833. The van der Waals surface area contributed by atoms with Crippen molar-refractivity contribution in [2.75, 3.05) is 6.54 Å². The number of hydrogen-bond acceptors (Lipinski definition) is 3. The second-order valence-electron chi connectivity index (χ2n) is 5.93. The minimum Gasteiger partial charge on any atom is -0.355 e. The van der Waals surface area contributed by atoms with Gasteiger partial charge in [0.1, 0.15) is 0 Å². The molecule has 1 aliphatic carbocycles. The van der Waals surface area contributed by atoms with E-state index < -0.39 is 0 Å². The summed E-state index contributed by atoms with van der Waals surface area (Å²) in [5, 5.41) is 10.7. The minimum atomic E-state index is -0.228. The highest BCUT2D eigenvalue weighted by molar-refractivity contribution is 5.88. The molecule has 0 aliphatic heterocycles. The van der Waals surface area contributed by atoms with Crippen molar-refractivity contribution >= 4 is 16.7 Å². The zero-order valence-corrected chi connectivity index (χ0v) is 13.1. The predicted octanol–water partition coefficient (Wildman–Crippen LogP) is 2.47. The van der Waals surface area contributed by atoms with Crippen molar-refractivity contribution in [3.63, 3.8) is 0 Å². The molecule has 23 heavy (non-hydrogen) atoms. The molecule has 2 aromatic rings. The molecule has 5 heteroatoms. The summed E-state index contributed by atoms with van der Waals surface area (Å²) in [6.45, 7) is 0.659. The highest BCUT2D eigenvalue weighted by Crippen LogP contribution is 2.19. The molecule has 0 atom stereocenters. The number of carbonyl (C=O) groups excluding carboxylic acids is 1. The highest BCUT2D eigenvalue weighted by atomic mass is 16.1. The number of aromatic nitrogens is 2. The van der Waals surface area contributed by atoms with E-state index >= 15 is 0 Å². The third-order valence-corrected chi connectivity index (χ3v) is 4.26. The van der Waals surface area contributed by atoms with Crippen molar-refractivity contribution in [2.24, 2.45) is 0 Å². The summed E-state index contributed by atoms with van der Waals surface area (Å²) in [6.07, 6.45) is 8.25. The monoisotopic (exact) mass is 311 g/mol. The molecule has 5 nitrogen and oxygen atoms in total. The molecule has 2 N–H and O–H groups in total. The first-order valence-corrected chi connectivity index (χ1v) is 8.15. The second kappa shape index (κ2) is 7.22. The number of benzene rings is 1. The highest BCUT2D eigenvalue weighted by Gasteiger charge is 2.11. The third-order valence-electron chi connectivity index (χ3n) is 4.26. The predicted molar refractivity (Wildman–Crippen MR) is 90.2 cm³/mol. The first kappa shape index (κ1) is 15.5. The summed E-state index contributed by atoms with van der Waals surface area (Å²) >= 11 is 0. The van der Waals surface area contributed by atoms with E-state index in [9.17, 15) is 9.59 Å². The summed E-state index contributed by atoms with van der Waals surface area (Å²) < 4.78 is 0. The van der Waals surface area contributed by atoms with Gasteiger partial charge in [-0.2, -0.15) is 5.10 Å². The van der Waals surface area contributed by atoms with Crippen LogP contribution >= 0.6 is 0 Å². The van der Waals surface area contributed by atoms with E-state index in [2.05, 4.69) is 21.6 Å². The fourth-order valence-corrected chi connectivity index (χ4v) is 3.01. The van der Waals surface area contributed by atoms with E-state index in [0.717, 1.165) is 24.6 Å². The van der Waals surface area contributed by atoms with Gasteiger partial charge in [0.05, 0.1) is 17.5 Å². The van der Waals surface area contributed by atoms with Crippen LogP contribution in [0.25, 0.3) is 10.8 Å². The first-order chi connectivity index (χ1) is 11.2. The molecular formula is C18H21N3O2. The van der Waals surface area contributed by atoms with Gasteiger partial charge in [0.15, 0.2) is 0 Å². The molecule has 3 rings (SSSR count). The van der Waals surface area contributed by atoms with Gasteiger partial charge in [0.25, 0.3) is 5.56 Å². The molecule has 0 bridgehead atoms. The van der Waals surface area contributed by atoms with Gasteiger partial charge < -0.3 is 5.32 Å². The Morgan fingerprint density at radius 3 is 2.83 bits per heavy atom. The normalized spacial score (nSPS) is 14.5. The van der Waals surface area contributed by atoms with Crippen LogP contribution in [-0.2, 0) is 11.2 Å². The van der Waals surface area contributed by atoms with Crippen LogP contribution in [0.15, 0.2) is 40.7 Å². The SMILES string of the molecule is O=C(Cc1n[nH]c(=O)c2ccccc12)NCCC1=CCCCC1. The van der Waals surface area contributed by atoms with E-state index in [0.29, 0.717) is 17.6 Å². The molecule has 1 aliphatic rings. The zero-order chi connectivity index (χ0) is 16.1. The Labute approximate surface area is 134 Å². The average molecular weight is 311 g/mol. The van der Waals surface area contributed by atoms with Crippen molar-refractivity contribution in [2.45, 2.75) is 38.5 Å². The number of aromatic amines is 1. The Bertz CT molecular complexity index is 792. The molecule has 0 spiro atoms. The van der Waals surface area contributed by atoms with Gasteiger partial charge in [-0.3, -0.25) is 9.59 Å². The van der Waals surface area contributed by atoms with Gasteiger partial charge in [0.2, 0.25) is 5.91 Å². The van der Waals surface area contributed by atoms with Crippen LogP contribution in [0.3, 0.4) is 0 Å². The lowest BCUT2D eigenvalue weighted by molar-refractivity contribution is -0.120. The van der Waals surface area contributed by atoms with Gasteiger partial charge >= 0.3 is 0 Å². The summed E-state index contributed by atoms with van der Waals surface area (Å²) in [4.78, 5) is 23.9. The number of hydrogen-bond donors (Lipinski definition) is 2. The van der Waals surface area contributed by atoms with E-state index in [4.69, 9.17) is 0 Å². The molecule has 0 radical (unpaired) electrons. The van der Waals surface area contributed by atoms with Crippen molar-refractivity contribution < 1.29 is 4.79 Å². The minimum absolute atomic E-state index is 0.0638. The van der Waals surface area contributed by atoms with Crippen LogP contribution < -0.4 is 10.9 Å². The topological polar surface area (TPSA) is 74.8 Å². The Morgan fingerprint density at radius 1 is 1.22 bits per heavy atom. The van der Waals surface area contributed by atoms with Gasteiger partial charge in [-0.25, -0.2) is 5.10 Å². The summed E-state index contributed by atoms with van der Waals surface area (Å²) in [6, 6.07) is 7.22. The van der Waals surface area contributed by atoms with Crippen molar-refractivity contribution in [1.29, 1.82) is 0 Å². The largest absolute Gasteiger partial charge is 0.355 e. The smallest absolute Gasteiger partial charge is 0.272 e. The van der Waals surface area contributed by atoms with Gasteiger partial charge in [-0.15, -0.1) is 0 Å².